The molecule has 0 aliphatic carbocycles. The summed E-state index contributed by atoms with van der Waals surface area (Å²) in [6.45, 7) is -0.107. The van der Waals surface area contributed by atoms with Crippen LogP contribution in [0.2, 0.25) is 5.02 Å². The Bertz CT molecular complexity index is 998. The molecule has 0 saturated heterocycles. The summed E-state index contributed by atoms with van der Waals surface area (Å²) < 4.78 is 10.6. The minimum atomic E-state index is -0.456. The smallest absolute Gasteiger partial charge is 0.277 e. The van der Waals surface area contributed by atoms with E-state index in [0.717, 1.165) is 5.56 Å². The first-order valence-electron chi connectivity index (χ1n) is 7.70. The molecule has 130 valence electrons. The van der Waals surface area contributed by atoms with Crippen molar-refractivity contribution in [3.05, 3.63) is 59.2 Å². The Morgan fingerprint density at radius 1 is 1.19 bits per heavy atom. The van der Waals surface area contributed by atoms with Crippen molar-refractivity contribution in [2.45, 2.75) is 0 Å². The highest BCUT2D eigenvalue weighted by atomic mass is 35.5. The molecule has 0 fully saturated rings. The highest BCUT2D eigenvalue weighted by Gasteiger charge is 2.21. The molecule has 0 bridgehead atoms. The van der Waals surface area contributed by atoms with Crippen molar-refractivity contribution >= 4 is 34.8 Å². The second-order valence-corrected chi connectivity index (χ2v) is 5.99. The van der Waals surface area contributed by atoms with Gasteiger partial charge < -0.3 is 19.9 Å². The molecule has 1 aliphatic rings. The normalized spacial score (nSPS) is 12.7. The highest BCUT2D eigenvalue weighted by Crippen LogP contribution is 2.35. The van der Waals surface area contributed by atoms with Crippen LogP contribution in [0.15, 0.2) is 53.1 Å². The standard InChI is InChI=1S/C18H12ClN3O4/c19-11-6-4-10(5-7-11)15-8-14(22-26-15)18(24)21-13-3-1-2-12-17(13)25-9-16(23)20-12/h1-8H,9H2,(H,20,23)(H,21,24). The number of anilines is 2. The average Bonchev–Trinajstić information content (AvgIpc) is 3.12. The zero-order valence-corrected chi connectivity index (χ0v) is 14.0. The number of ether oxygens (including phenoxy) is 1. The molecule has 0 spiro atoms. The van der Waals surface area contributed by atoms with E-state index in [1.165, 1.54) is 6.07 Å². The molecule has 26 heavy (non-hydrogen) atoms. The number of nitrogens with zero attached hydrogens (tertiary/aromatic N) is 1. The maximum atomic E-state index is 12.5. The Labute approximate surface area is 152 Å². The Balaban J connectivity index is 1.55. The van der Waals surface area contributed by atoms with Crippen LogP contribution in [0.4, 0.5) is 11.4 Å². The van der Waals surface area contributed by atoms with E-state index in [1.54, 1.807) is 42.5 Å². The number of aromatic nitrogens is 1. The van der Waals surface area contributed by atoms with Crippen LogP contribution in [0, 0.1) is 0 Å². The lowest BCUT2D eigenvalue weighted by Crippen LogP contribution is -2.26. The molecular weight excluding hydrogens is 358 g/mol. The Morgan fingerprint density at radius 3 is 2.81 bits per heavy atom. The van der Waals surface area contributed by atoms with Gasteiger partial charge >= 0.3 is 0 Å². The summed E-state index contributed by atoms with van der Waals surface area (Å²) in [5.74, 6) is 0.153. The molecule has 2 amide bonds. The minimum absolute atomic E-state index is 0.107. The van der Waals surface area contributed by atoms with E-state index < -0.39 is 5.91 Å². The van der Waals surface area contributed by atoms with Gasteiger partial charge in [-0.1, -0.05) is 22.8 Å². The summed E-state index contributed by atoms with van der Waals surface area (Å²) in [6, 6.07) is 13.6. The van der Waals surface area contributed by atoms with Gasteiger partial charge in [0.2, 0.25) is 0 Å². The number of halogens is 1. The fourth-order valence-electron chi connectivity index (χ4n) is 2.53. The largest absolute Gasteiger partial charge is 0.479 e. The first-order chi connectivity index (χ1) is 12.6. The van der Waals surface area contributed by atoms with Crippen LogP contribution in [0.25, 0.3) is 11.3 Å². The lowest BCUT2D eigenvalue weighted by molar-refractivity contribution is -0.118. The predicted molar refractivity (Wildman–Crippen MR) is 95.5 cm³/mol. The first-order valence-corrected chi connectivity index (χ1v) is 8.07. The topological polar surface area (TPSA) is 93.5 Å². The minimum Gasteiger partial charge on any atom is -0.479 e. The number of benzene rings is 2. The summed E-state index contributed by atoms with van der Waals surface area (Å²) in [7, 11) is 0. The Hall–Kier alpha value is -3.32. The van der Waals surface area contributed by atoms with Crippen molar-refractivity contribution in [2.75, 3.05) is 17.2 Å². The van der Waals surface area contributed by atoms with E-state index in [2.05, 4.69) is 15.8 Å². The van der Waals surface area contributed by atoms with Gasteiger partial charge in [-0.2, -0.15) is 0 Å². The summed E-state index contributed by atoms with van der Waals surface area (Å²) in [5.41, 5.74) is 1.81. The monoisotopic (exact) mass is 369 g/mol. The van der Waals surface area contributed by atoms with Gasteiger partial charge in [-0.3, -0.25) is 9.59 Å². The fourth-order valence-corrected chi connectivity index (χ4v) is 2.66. The van der Waals surface area contributed by atoms with Gasteiger partial charge in [0.1, 0.15) is 0 Å². The third-order valence-corrected chi connectivity index (χ3v) is 4.01. The summed E-state index contributed by atoms with van der Waals surface area (Å²) in [6.07, 6.45) is 0. The van der Waals surface area contributed by atoms with Gasteiger partial charge in [-0.15, -0.1) is 0 Å². The lowest BCUT2D eigenvalue weighted by Gasteiger charge is -2.20. The van der Waals surface area contributed by atoms with Crippen LogP contribution >= 0.6 is 11.6 Å². The van der Waals surface area contributed by atoms with Crippen LogP contribution < -0.4 is 15.4 Å². The molecule has 0 atom stereocenters. The van der Waals surface area contributed by atoms with Gasteiger partial charge in [-0.25, -0.2) is 0 Å². The maximum absolute atomic E-state index is 12.5. The van der Waals surface area contributed by atoms with Crippen molar-refractivity contribution in [3.8, 4) is 17.1 Å². The number of para-hydroxylation sites is 1. The highest BCUT2D eigenvalue weighted by molar-refractivity contribution is 6.30. The van der Waals surface area contributed by atoms with Gasteiger partial charge in [0.25, 0.3) is 11.8 Å². The first kappa shape index (κ1) is 16.2. The zero-order chi connectivity index (χ0) is 18.1. The summed E-state index contributed by atoms with van der Waals surface area (Å²) in [5, 5.41) is 9.81. The van der Waals surface area contributed by atoms with E-state index >= 15 is 0 Å². The quantitative estimate of drug-likeness (QED) is 0.736. The predicted octanol–water partition coefficient (Wildman–Crippen LogP) is 3.58. The molecular formula is C18H12ClN3O4. The summed E-state index contributed by atoms with van der Waals surface area (Å²) in [4.78, 5) is 23.9. The SMILES string of the molecule is O=C1COc2c(cccc2NC(=O)c2cc(-c3ccc(Cl)cc3)on2)N1. The number of hydrogen-bond donors (Lipinski definition) is 2. The van der Waals surface area contributed by atoms with Crippen molar-refractivity contribution in [2.24, 2.45) is 0 Å². The number of carbonyl (C=O) groups excluding carboxylic acids is 2. The molecule has 1 aliphatic heterocycles. The van der Waals surface area contributed by atoms with E-state index in [-0.39, 0.29) is 18.2 Å². The van der Waals surface area contributed by atoms with Crippen LogP contribution in [0.3, 0.4) is 0 Å². The average molecular weight is 370 g/mol. The van der Waals surface area contributed by atoms with Crippen LogP contribution in [0.5, 0.6) is 5.75 Å². The molecule has 1 aromatic heterocycles. The number of fused-ring (bicyclic) bond motifs is 1. The van der Waals surface area contributed by atoms with Crippen molar-refractivity contribution < 1.29 is 18.8 Å². The Kier molecular flexibility index (Phi) is 4.06. The van der Waals surface area contributed by atoms with E-state index in [0.29, 0.717) is 27.9 Å². The van der Waals surface area contributed by atoms with Crippen molar-refractivity contribution in [1.29, 1.82) is 0 Å². The second-order valence-electron chi connectivity index (χ2n) is 5.56. The second kappa shape index (κ2) is 6.53. The van der Waals surface area contributed by atoms with Gasteiger partial charge in [0, 0.05) is 16.7 Å². The van der Waals surface area contributed by atoms with Crippen molar-refractivity contribution in [1.82, 2.24) is 5.16 Å². The molecule has 2 N–H and O–H groups in total. The zero-order valence-electron chi connectivity index (χ0n) is 13.3. The molecule has 0 saturated carbocycles. The van der Waals surface area contributed by atoms with E-state index in [4.69, 9.17) is 20.9 Å². The number of rotatable bonds is 3. The number of nitrogens with one attached hydrogen (secondary N) is 2. The molecule has 4 rings (SSSR count). The summed E-state index contributed by atoms with van der Waals surface area (Å²) >= 11 is 5.86. The lowest BCUT2D eigenvalue weighted by atomic mass is 10.1. The molecule has 7 nitrogen and oxygen atoms in total. The molecule has 8 heteroatoms. The molecule has 2 aromatic carbocycles. The molecule has 2 heterocycles. The number of hydrogen-bond acceptors (Lipinski definition) is 5. The number of carbonyl (C=O) groups is 2. The van der Waals surface area contributed by atoms with Crippen molar-refractivity contribution in [3.63, 3.8) is 0 Å². The molecule has 0 unspecified atom stereocenters. The Morgan fingerprint density at radius 2 is 2.00 bits per heavy atom. The van der Waals surface area contributed by atoms with Gasteiger partial charge in [0.15, 0.2) is 23.8 Å². The third-order valence-electron chi connectivity index (χ3n) is 3.76. The van der Waals surface area contributed by atoms with Crippen LogP contribution in [-0.2, 0) is 4.79 Å². The van der Waals surface area contributed by atoms with Gasteiger partial charge in [0.05, 0.1) is 11.4 Å². The molecule has 0 radical (unpaired) electrons. The van der Waals surface area contributed by atoms with Crippen LogP contribution in [0.1, 0.15) is 10.5 Å². The maximum Gasteiger partial charge on any atom is 0.277 e. The van der Waals surface area contributed by atoms with E-state index in [1.807, 2.05) is 0 Å². The van der Waals surface area contributed by atoms with Crippen LogP contribution in [-0.4, -0.2) is 23.6 Å². The molecule has 3 aromatic rings. The number of amides is 2. The van der Waals surface area contributed by atoms with Gasteiger partial charge in [-0.05, 0) is 36.4 Å². The van der Waals surface area contributed by atoms with E-state index in [9.17, 15) is 9.59 Å². The fraction of sp³-hybridized carbons (Fsp3) is 0.0556. The third kappa shape index (κ3) is 3.12.